The minimum absolute atomic E-state index is 0.00776. The van der Waals surface area contributed by atoms with E-state index < -0.39 is 5.97 Å². The number of halogens is 1. The van der Waals surface area contributed by atoms with E-state index in [1.54, 1.807) is 10.7 Å². The van der Waals surface area contributed by atoms with Crippen molar-refractivity contribution in [2.45, 2.75) is 33.2 Å². The highest BCUT2D eigenvalue weighted by molar-refractivity contribution is 5.86. The molecule has 0 saturated heterocycles. The van der Waals surface area contributed by atoms with E-state index in [2.05, 4.69) is 10.3 Å². The fraction of sp³-hybridized carbons (Fsp3) is 0.357. The van der Waals surface area contributed by atoms with Gasteiger partial charge in [0.2, 0.25) is 0 Å². The molecule has 0 amide bonds. The molecule has 0 aliphatic rings. The maximum atomic E-state index is 13.1. The summed E-state index contributed by atoms with van der Waals surface area (Å²) in [4.78, 5) is 11.1. The molecule has 1 aromatic heterocycles. The first kappa shape index (κ1) is 14.2. The smallest absolute Gasteiger partial charge is 0.358 e. The number of aryl methyl sites for hydroxylation is 1. The van der Waals surface area contributed by atoms with Crippen LogP contribution in [0.25, 0.3) is 0 Å². The Labute approximate surface area is 116 Å². The van der Waals surface area contributed by atoms with E-state index in [0.29, 0.717) is 18.7 Å². The third kappa shape index (κ3) is 2.84. The van der Waals surface area contributed by atoms with E-state index in [0.717, 1.165) is 17.5 Å². The summed E-state index contributed by atoms with van der Waals surface area (Å²) in [7, 11) is 0. The second-order valence-corrected chi connectivity index (χ2v) is 4.67. The number of carboxylic acid groups (broad SMARTS) is 1. The Balaban J connectivity index is 2.35. The number of hydrogen-bond acceptors (Lipinski definition) is 3. The number of carboxylic acids is 1. The van der Waals surface area contributed by atoms with Gasteiger partial charge in [0.05, 0.1) is 12.2 Å². The molecule has 0 aliphatic heterocycles. The summed E-state index contributed by atoms with van der Waals surface area (Å²) < 4.78 is 14.7. The fourth-order valence-corrected chi connectivity index (χ4v) is 2.11. The zero-order valence-electron chi connectivity index (χ0n) is 11.4. The van der Waals surface area contributed by atoms with Crippen LogP contribution in [0.3, 0.4) is 0 Å². The predicted molar refractivity (Wildman–Crippen MR) is 71.2 cm³/mol. The van der Waals surface area contributed by atoms with Gasteiger partial charge >= 0.3 is 5.97 Å². The number of nitrogens with zero attached hydrogens (tertiary/aromatic N) is 3. The van der Waals surface area contributed by atoms with Crippen molar-refractivity contribution in [1.82, 2.24) is 15.0 Å². The highest BCUT2D eigenvalue weighted by Gasteiger charge is 2.18. The van der Waals surface area contributed by atoms with Crippen molar-refractivity contribution in [1.29, 1.82) is 0 Å². The molecule has 0 spiro atoms. The molecular weight excluding hydrogens is 261 g/mol. The quantitative estimate of drug-likeness (QED) is 0.911. The summed E-state index contributed by atoms with van der Waals surface area (Å²) in [6, 6.07) is 4.52. The maximum absolute atomic E-state index is 13.1. The van der Waals surface area contributed by atoms with Crippen molar-refractivity contribution in [3.8, 4) is 0 Å². The van der Waals surface area contributed by atoms with Gasteiger partial charge in [-0.15, -0.1) is 5.10 Å². The molecule has 0 aliphatic carbocycles. The first-order valence-corrected chi connectivity index (χ1v) is 6.43. The van der Waals surface area contributed by atoms with Crippen LogP contribution >= 0.6 is 0 Å². The van der Waals surface area contributed by atoms with Gasteiger partial charge in [0.15, 0.2) is 5.69 Å². The van der Waals surface area contributed by atoms with Crippen molar-refractivity contribution in [3.63, 3.8) is 0 Å². The van der Waals surface area contributed by atoms with Crippen LogP contribution in [0.2, 0.25) is 0 Å². The molecule has 2 rings (SSSR count). The highest BCUT2D eigenvalue weighted by Crippen LogP contribution is 2.15. The van der Waals surface area contributed by atoms with Gasteiger partial charge in [-0.05, 0) is 36.6 Å². The van der Waals surface area contributed by atoms with Crippen LogP contribution < -0.4 is 0 Å². The summed E-state index contributed by atoms with van der Waals surface area (Å²) in [5.41, 5.74) is 2.29. The summed E-state index contributed by atoms with van der Waals surface area (Å²) in [5, 5.41) is 16.7. The van der Waals surface area contributed by atoms with E-state index in [1.807, 2.05) is 13.8 Å². The Morgan fingerprint density at radius 2 is 2.20 bits per heavy atom. The topological polar surface area (TPSA) is 68.0 Å². The predicted octanol–water partition coefficient (Wildman–Crippen LogP) is 2.42. The molecule has 0 atom stereocenters. The molecule has 0 bridgehead atoms. The maximum Gasteiger partial charge on any atom is 0.358 e. The van der Waals surface area contributed by atoms with Gasteiger partial charge in [0.25, 0.3) is 0 Å². The SMILES string of the molecule is CCCc1c(C(=O)O)nnn1Cc1ccc(F)cc1C. The van der Waals surface area contributed by atoms with Gasteiger partial charge < -0.3 is 5.11 Å². The van der Waals surface area contributed by atoms with Crippen molar-refractivity contribution in [2.24, 2.45) is 0 Å². The van der Waals surface area contributed by atoms with Crippen molar-refractivity contribution < 1.29 is 14.3 Å². The van der Waals surface area contributed by atoms with Gasteiger partial charge in [-0.25, -0.2) is 13.9 Å². The van der Waals surface area contributed by atoms with E-state index in [-0.39, 0.29) is 11.5 Å². The largest absolute Gasteiger partial charge is 0.476 e. The average Bonchev–Trinajstić information content (AvgIpc) is 2.77. The highest BCUT2D eigenvalue weighted by atomic mass is 19.1. The second kappa shape index (κ2) is 5.81. The summed E-state index contributed by atoms with van der Waals surface area (Å²) in [6.45, 7) is 4.17. The Hall–Kier alpha value is -2.24. The monoisotopic (exact) mass is 277 g/mol. The number of rotatable bonds is 5. The molecule has 1 N–H and O–H groups in total. The summed E-state index contributed by atoms with van der Waals surface area (Å²) in [6.07, 6.45) is 1.39. The third-order valence-corrected chi connectivity index (χ3v) is 3.15. The van der Waals surface area contributed by atoms with Crippen LogP contribution in [0.15, 0.2) is 18.2 Å². The van der Waals surface area contributed by atoms with Gasteiger partial charge in [-0.1, -0.05) is 24.6 Å². The normalized spacial score (nSPS) is 10.8. The van der Waals surface area contributed by atoms with Crippen LogP contribution in [-0.4, -0.2) is 26.1 Å². The third-order valence-electron chi connectivity index (χ3n) is 3.15. The van der Waals surface area contributed by atoms with Crippen LogP contribution in [0.1, 0.15) is 40.7 Å². The Morgan fingerprint density at radius 1 is 1.45 bits per heavy atom. The van der Waals surface area contributed by atoms with E-state index in [9.17, 15) is 9.18 Å². The molecule has 106 valence electrons. The number of carbonyl (C=O) groups is 1. The van der Waals surface area contributed by atoms with Crippen LogP contribution in [0.4, 0.5) is 4.39 Å². The van der Waals surface area contributed by atoms with E-state index in [4.69, 9.17) is 5.11 Å². The Bertz CT molecular complexity index is 637. The number of benzene rings is 1. The van der Waals surface area contributed by atoms with Crippen molar-refractivity contribution in [2.75, 3.05) is 0 Å². The molecule has 6 heteroatoms. The van der Waals surface area contributed by atoms with Gasteiger partial charge in [0, 0.05) is 0 Å². The van der Waals surface area contributed by atoms with Crippen molar-refractivity contribution in [3.05, 3.63) is 46.5 Å². The molecule has 0 fully saturated rings. The lowest BCUT2D eigenvalue weighted by atomic mass is 10.1. The fourth-order valence-electron chi connectivity index (χ4n) is 2.11. The first-order chi connectivity index (χ1) is 9.52. The number of aromatic nitrogens is 3. The van der Waals surface area contributed by atoms with E-state index >= 15 is 0 Å². The van der Waals surface area contributed by atoms with Gasteiger partial charge in [-0.3, -0.25) is 0 Å². The van der Waals surface area contributed by atoms with Crippen LogP contribution in [0.5, 0.6) is 0 Å². The van der Waals surface area contributed by atoms with Crippen LogP contribution in [-0.2, 0) is 13.0 Å². The van der Waals surface area contributed by atoms with Gasteiger partial charge in [-0.2, -0.15) is 0 Å². The Morgan fingerprint density at radius 3 is 2.80 bits per heavy atom. The minimum Gasteiger partial charge on any atom is -0.476 e. The summed E-state index contributed by atoms with van der Waals surface area (Å²) >= 11 is 0. The van der Waals surface area contributed by atoms with Gasteiger partial charge in [0.1, 0.15) is 5.82 Å². The molecule has 1 heterocycles. The lowest BCUT2D eigenvalue weighted by molar-refractivity contribution is 0.0689. The minimum atomic E-state index is -1.07. The lowest BCUT2D eigenvalue weighted by Gasteiger charge is -2.09. The summed E-state index contributed by atoms with van der Waals surface area (Å²) in [5.74, 6) is -1.36. The van der Waals surface area contributed by atoms with E-state index in [1.165, 1.54) is 12.1 Å². The zero-order valence-corrected chi connectivity index (χ0v) is 11.4. The standard InChI is InChI=1S/C14H16FN3O2/c1-3-4-12-13(14(19)20)16-17-18(12)8-10-5-6-11(15)7-9(10)2/h5-7H,3-4,8H2,1-2H3,(H,19,20). The second-order valence-electron chi connectivity index (χ2n) is 4.67. The molecule has 0 unspecified atom stereocenters. The Kier molecular flexibility index (Phi) is 4.12. The zero-order chi connectivity index (χ0) is 14.7. The molecule has 1 aromatic carbocycles. The molecule has 2 aromatic rings. The first-order valence-electron chi connectivity index (χ1n) is 6.43. The molecular formula is C14H16FN3O2. The molecule has 0 saturated carbocycles. The van der Waals surface area contributed by atoms with Crippen molar-refractivity contribution >= 4 is 5.97 Å². The number of hydrogen-bond donors (Lipinski definition) is 1. The average molecular weight is 277 g/mol. The van der Waals surface area contributed by atoms with Crippen LogP contribution in [0, 0.1) is 12.7 Å². The molecule has 5 nitrogen and oxygen atoms in total. The molecule has 0 radical (unpaired) electrons. The molecule has 20 heavy (non-hydrogen) atoms. The lowest BCUT2D eigenvalue weighted by Crippen LogP contribution is -2.10. The number of aromatic carboxylic acids is 1.